The van der Waals surface area contributed by atoms with Gasteiger partial charge in [-0.15, -0.1) is 0 Å². The summed E-state index contributed by atoms with van der Waals surface area (Å²) in [6, 6.07) is 6.36. The molecule has 0 saturated heterocycles. The zero-order valence-electron chi connectivity index (χ0n) is 6.57. The minimum absolute atomic E-state index is 0. The Labute approximate surface area is 99.3 Å². The van der Waals surface area contributed by atoms with Crippen molar-refractivity contribution in [3.63, 3.8) is 0 Å². The van der Waals surface area contributed by atoms with Gasteiger partial charge in [-0.1, -0.05) is 18.2 Å². The van der Waals surface area contributed by atoms with E-state index in [9.17, 15) is 9.36 Å². The third-order valence-corrected chi connectivity index (χ3v) is 2.43. The molecular formula is C8H10NaO3P. The van der Waals surface area contributed by atoms with Crippen LogP contribution < -0.4 is 5.30 Å². The molecular weight excluding hydrogens is 198 g/mol. The molecule has 0 heterocycles. The van der Waals surface area contributed by atoms with E-state index in [0.717, 1.165) is 0 Å². The van der Waals surface area contributed by atoms with Gasteiger partial charge in [0.2, 0.25) is 8.03 Å². The normalized spacial score (nSPS) is 11.5. The zero-order valence-corrected chi connectivity index (χ0v) is 7.57. The van der Waals surface area contributed by atoms with Crippen LogP contribution in [0.3, 0.4) is 0 Å². The molecule has 0 aliphatic carbocycles. The Morgan fingerprint density at radius 1 is 1.38 bits per heavy atom. The molecule has 0 aromatic heterocycles. The third-order valence-electron chi connectivity index (χ3n) is 1.54. The van der Waals surface area contributed by atoms with Crippen molar-refractivity contribution in [2.75, 3.05) is 0 Å². The molecule has 0 aliphatic heterocycles. The second-order valence-corrected chi connectivity index (χ2v) is 3.56. The number of rotatable bonds is 2. The van der Waals surface area contributed by atoms with Crippen LogP contribution in [0.2, 0.25) is 0 Å². The Morgan fingerprint density at radius 2 is 1.92 bits per heavy atom. The Kier molecular flexibility index (Phi) is 5.77. The molecule has 1 N–H and O–H groups in total. The molecule has 13 heavy (non-hydrogen) atoms. The molecule has 0 saturated carbocycles. The fraction of sp³-hybridized carbons (Fsp3) is 0.125. The summed E-state index contributed by atoms with van der Waals surface area (Å²) in [6.45, 7) is 1.38. The van der Waals surface area contributed by atoms with Crippen LogP contribution in [0.4, 0.5) is 0 Å². The van der Waals surface area contributed by atoms with Crippen molar-refractivity contribution in [1.82, 2.24) is 0 Å². The van der Waals surface area contributed by atoms with Crippen molar-refractivity contribution in [2.45, 2.75) is 6.92 Å². The second-order valence-electron chi connectivity index (χ2n) is 2.41. The summed E-state index contributed by atoms with van der Waals surface area (Å²) >= 11 is 0. The van der Waals surface area contributed by atoms with Crippen molar-refractivity contribution in [3.05, 3.63) is 29.8 Å². The van der Waals surface area contributed by atoms with E-state index >= 15 is 0 Å². The molecule has 1 aromatic carbocycles. The number of hydrogen-bond acceptors (Lipinski definition) is 2. The van der Waals surface area contributed by atoms with Crippen LogP contribution >= 0.6 is 8.03 Å². The maximum absolute atomic E-state index is 10.9. The van der Waals surface area contributed by atoms with Gasteiger partial charge in [-0.05, 0) is 13.0 Å². The van der Waals surface area contributed by atoms with Gasteiger partial charge in [-0.2, -0.15) is 0 Å². The average Bonchev–Trinajstić information content (AvgIpc) is 2.04. The molecule has 1 rings (SSSR count). The summed E-state index contributed by atoms with van der Waals surface area (Å²) in [6.07, 6.45) is 0. The Bertz CT molecular complexity index is 305. The van der Waals surface area contributed by atoms with E-state index in [1.807, 2.05) is 0 Å². The molecule has 66 valence electrons. The van der Waals surface area contributed by atoms with E-state index in [2.05, 4.69) is 0 Å². The second kappa shape index (κ2) is 5.74. The molecule has 1 unspecified atom stereocenters. The first-order valence-electron chi connectivity index (χ1n) is 3.46. The Hall–Kier alpha value is 0.0800. The first kappa shape index (κ1) is 13.1. The number of ketones is 1. The van der Waals surface area contributed by atoms with Crippen molar-refractivity contribution in [3.8, 4) is 0 Å². The van der Waals surface area contributed by atoms with Gasteiger partial charge in [-0.3, -0.25) is 9.36 Å². The number of hydrogen-bond donors (Lipinski definition) is 1. The summed E-state index contributed by atoms with van der Waals surface area (Å²) in [7, 11) is -2.76. The molecule has 0 spiro atoms. The van der Waals surface area contributed by atoms with Crippen LogP contribution in [0, 0.1) is 0 Å². The average molecular weight is 208 g/mol. The number of benzene rings is 1. The summed E-state index contributed by atoms with van der Waals surface area (Å²) < 4.78 is 10.8. The maximum atomic E-state index is 10.9. The number of carbonyl (C=O) groups excluding carboxylic acids is 1. The van der Waals surface area contributed by atoms with Crippen LogP contribution in [0.5, 0.6) is 0 Å². The quantitative estimate of drug-likeness (QED) is 0.433. The van der Waals surface area contributed by atoms with Gasteiger partial charge < -0.3 is 4.89 Å². The predicted molar refractivity (Wildman–Crippen MR) is 54.4 cm³/mol. The van der Waals surface area contributed by atoms with Gasteiger partial charge in [0.15, 0.2) is 5.78 Å². The number of Topliss-reactive ketones (excluding diaryl/α,β-unsaturated/α-hetero) is 1. The van der Waals surface area contributed by atoms with E-state index in [1.165, 1.54) is 13.0 Å². The fourth-order valence-corrected chi connectivity index (χ4v) is 1.71. The molecule has 0 aliphatic rings. The minimum atomic E-state index is -2.76. The molecule has 0 amide bonds. The molecule has 1 aromatic rings. The molecule has 5 heteroatoms. The molecule has 0 bridgehead atoms. The van der Waals surface area contributed by atoms with Gasteiger partial charge in [0.1, 0.15) is 0 Å². The van der Waals surface area contributed by atoms with E-state index in [-0.39, 0.29) is 40.6 Å². The molecule has 0 fully saturated rings. The van der Waals surface area contributed by atoms with E-state index in [1.54, 1.807) is 18.2 Å². The number of carbonyl (C=O) groups is 1. The van der Waals surface area contributed by atoms with Crippen LogP contribution in [-0.4, -0.2) is 40.2 Å². The Morgan fingerprint density at radius 3 is 2.31 bits per heavy atom. The van der Waals surface area contributed by atoms with Gasteiger partial charge >= 0.3 is 29.6 Å². The molecule has 3 nitrogen and oxygen atoms in total. The van der Waals surface area contributed by atoms with Crippen molar-refractivity contribution in [1.29, 1.82) is 0 Å². The third kappa shape index (κ3) is 3.37. The molecule has 0 radical (unpaired) electrons. The van der Waals surface area contributed by atoms with Gasteiger partial charge in [0, 0.05) is 10.9 Å². The monoisotopic (exact) mass is 208 g/mol. The van der Waals surface area contributed by atoms with Gasteiger partial charge in [0.25, 0.3) is 0 Å². The summed E-state index contributed by atoms with van der Waals surface area (Å²) in [5.41, 5.74) is 0.337. The van der Waals surface area contributed by atoms with Crippen LogP contribution in [-0.2, 0) is 4.57 Å². The van der Waals surface area contributed by atoms with E-state index in [4.69, 9.17) is 4.89 Å². The Balaban J connectivity index is 0.00000144. The topological polar surface area (TPSA) is 54.4 Å². The summed E-state index contributed by atoms with van der Waals surface area (Å²) in [5.74, 6) is -0.182. The van der Waals surface area contributed by atoms with Crippen LogP contribution in [0.15, 0.2) is 24.3 Å². The van der Waals surface area contributed by atoms with Crippen molar-refractivity contribution < 1.29 is 14.3 Å². The summed E-state index contributed by atoms with van der Waals surface area (Å²) in [5, 5.41) is 0.245. The SMILES string of the molecule is CC(=O)c1ccccc1[PH](=O)O.[NaH]. The zero-order chi connectivity index (χ0) is 9.14. The van der Waals surface area contributed by atoms with E-state index < -0.39 is 8.03 Å². The predicted octanol–water partition coefficient (Wildman–Crippen LogP) is 0.333. The van der Waals surface area contributed by atoms with Crippen LogP contribution in [0.25, 0.3) is 0 Å². The van der Waals surface area contributed by atoms with E-state index in [0.29, 0.717) is 5.56 Å². The standard InChI is InChI=1S/C8H9O3P.Na.H/c1-6(9)7-4-2-3-5-8(7)12(10)11;;/h2-5,12H,1H3,(H,10,11);;. The van der Waals surface area contributed by atoms with Crippen molar-refractivity contribution >= 4 is 48.7 Å². The van der Waals surface area contributed by atoms with Crippen LogP contribution in [0.1, 0.15) is 17.3 Å². The first-order valence-corrected chi connectivity index (χ1v) is 4.81. The fourth-order valence-electron chi connectivity index (χ4n) is 0.977. The van der Waals surface area contributed by atoms with Gasteiger partial charge in [-0.25, -0.2) is 0 Å². The van der Waals surface area contributed by atoms with Crippen molar-refractivity contribution in [2.24, 2.45) is 0 Å². The summed E-state index contributed by atoms with van der Waals surface area (Å²) in [4.78, 5) is 19.8. The first-order chi connectivity index (χ1) is 5.63. The molecule has 1 atom stereocenters. The van der Waals surface area contributed by atoms with Gasteiger partial charge in [0.05, 0.1) is 0 Å².